The molecule has 0 spiro atoms. The van der Waals surface area contributed by atoms with Gasteiger partial charge in [0.1, 0.15) is 0 Å². The van der Waals surface area contributed by atoms with E-state index in [1.54, 1.807) is 0 Å². The summed E-state index contributed by atoms with van der Waals surface area (Å²) >= 11 is 0. The zero-order chi connectivity index (χ0) is 22.3. The Labute approximate surface area is 187 Å². The largest absolute Gasteiger partial charge is 0.481 e. The van der Waals surface area contributed by atoms with Crippen molar-refractivity contribution in [2.75, 3.05) is 6.54 Å². The summed E-state index contributed by atoms with van der Waals surface area (Å²) in [7, 11) is 0. The summed E-state index contributed by atoms with van der Waals surface area (Å²) in [6.07, 6.45) is 2.30. The van der Waals surface area contributed by atoms with Gasteiger partial charge >= 0.3 is 5.97 Å². The van der Waals surface area contributed by atoms with Crippen molar-refractivity contribution >= 4 is 33.7 Å². The Balaban J connectivity index is 1.69. The summed E-state index contributed by atoms with van der Waals surface area (Å²) in [5.74, 6) is -0.807. The number of carbonyl (C=O) groups excluding carboxylic acids is 1. The lowest BCUT2D eigenvalue weighted by molar-refractivity contribution is -0.137. The van der Waals surface area contributed by atoms with Crippen LogP contribution in [0.3, 0.4) is 0 Å². The lowest BCUT2D eigenvalue weighted by atomic mass is 10.0. The van der Waals surface area contributed by atoms with Gasteiger partial charge in [0.05, 0.1) is 16.6 Å². The molecule has 0 unspecified atom stereocenters. The zero-order valence-corrected chi connectivity index (χ0v) is 17.9. The van der Waals surface area contributed by atoms with Gasteiger partial charge in [0.25, 0.3) is 5.91 Å². The molecule has 4 aromatic rings. The molecule has 4 rings (SSSR count). The predicted molar refractivity (Wildman–Crippen MR) is 127 cm³/mol. The van der Waals surface area contributed by atoms with Crippen LogP contribution in [0, 0.1) is 0 Å². The third kappa shape index (κ3) is 4.94. The van der Waals surface area contributed by atoms with Crippen LogP contribution in [0.5, 0.6) is 0 Å². The maximum Gasteiger partial charge on any atom is 0.303 e. The minimum atomic E-state index is -0.781. The molecule has 0 atom stereocenters. The number of pyridine rings is 1. The van der Waals surface area contributed by atoms with E-state index in [4.69, 9.17) is 10.1 Å². The van der Waals surface area contributed by atoms with E-state index in [0.29, 0.717) is 25.1 Å². The molecular weight excluding hydrogens is 400 g/mol. The third-order valence-electron chi connectivity index (χ3n) is 5.62. The number of aliphatic carboxylic acids is 1. The van der Waals surface area contributed by atoms with E-state index in [0.717, 1.165) is 40.2 Å². The Morgan fingerprint density at radius 3 is 1.97 bits per heavy atom. The Morgan fingerprint density at radius 2 is 1.34 bits per heavy atom. The molecule has 1 heterocycles. The number of carboxylic acids is 1. The topological polar surface area (TPSA) is 70.5 Å². The second-order valence-corrected chi connectivity index (χ2v) is 7.94. The minimum absolute atomic E-state index is 0.0260. The molecule has 3 aromatic carbocycles. The Bertz CT molecular complexity index is 1180. The molecule has 0 bridgehead atoms. The first kappa shape index (κ1) is 21.5. The van der Waals surface area contributed by atoms with Crippen LogP contribution >= 0.6 is 0 Å². The molecule has 1 amide bonds. The first-order valence-corrected chi connectivity index (χ1v) is 11.0. The number of carbonyl (C=O) groups is 2. The van der Waals surface area contributed by atoms with Crippen LogP contribution < -0.4 is 0 Å². The maximum atomic E-state index is 14.0. The summed E-state index contributed by atoms with van der Waals surface area (Å²) in [5.41, 5.74) is 3.34. The molecule has 0 aliphatic carbocycles. The SMILES string of the molecule is O=C(O)CCCCCN(Cc1ccccc1)C(=O)c1c2ccccc2nc2ccccc12. The van der Waals surface area contributed by atoms with Gasteiger partial charge in [-0.1, -0.05) is 73.2 Å². The quantitative estimate of drug-likeness (QED) is 0.276. The highest BCUT2D eigenvalue weighted by atomic mass is 16.4. The number of amides is 1. The van der Waals surface area contributed by atoms with Crippen molar-refractivity contribution in [3.8, 4) is 0 Å². The van der Waals surface area contributed by atoms with Gasteiger partial charge in [-0.3, -0.25) is 9.59 Å². The van der Waals surface area contributed by atoms with Crippen molar-refractivity contribution in [3.63, 3.8) is 0 Å². The summed E-state index contributed by atoms with van der Waals surface area (Å²) in [6, 6.07) is 25.5. The van der Waals surface area contributed by atoms with E-state index in [1.807, 2.05) is 83.8 Å². The highest BCUT2D eigenvalue weighted by molar-refractivity contribution is 6.16. The molecule has 1 aromatic heterocycles. The van der Waals surface area contributed by atoms with Gasteiger partial charge in [0.2, 0.25) is 0 Å². The molecule has 0 radical (unpaired) electrons. The summed E-state index contributed by atoms with van der Waals surface area (Å²) < 4.78 is 0. The summed E-state index contributed by atoms with van der Waals surface area (Å²) in [4.78, 5) is 31.4. The Kier molecular flexibility index (Phi) is 6.75. The maximum absolute atomic E-state index is 14.0. The number of benzene rings is 3. The number of fused-ring (bicyclic) bond motifs is 2. The van der Waals surface area contributed by atoms with Crippen molar-refractivity contribution in [1.29, 1.82) is 0 Å². The number of rotatable bonds is 9. The van der Waals surface area contributed by atoms with Crippen molar-refractivity contribution in [2.45, 2.75) is 32.2 Å². The number of para-hydroxylation sites is 2. The second kappa shape index (κ2) is 10.1. The molecule has 32 heavy (non-hydrogen) atoms. The van der Waals surface area contributed by atoms with Gasteiger partial charge in [0, 0.05) is 30.3 Å². The molecule has 0 fully saturated rings. The van der Waals surface area contributed by atoms with Gasteiger partial charge in [-0.25, -0.2) is 4.98 Å². The van der Waals surface area contributed by atoms with E-state index in [1.165, 1.54) is 0 Å². The van der Waals surface area contributed by atoms with E-state index >= 15 is 0 Å². The first-order valence-electron chi connectivity index (χ1n) is 11.0. The normalized spacial score (nSPS) is 11.0. The zero-order valence-electron chi connectivity index (χ0n) is 17.9. The number of nitrogens with zero attached hydrogens (tertiary/aromatic N) is 2. The summed E-state index contributed by atoms with van der Waals surface area (Å²) in [6.45, 7) is 1.07. The fourth-order valence-corrected chi connectivity index (χ4v) is 4.04. The van der Waals surface area contributed by atoms with Crippen molar-refractivity contribution < 1.29 is 14.7 Å². The van der Waals surface area contributed by atoms with Crippen LogP contribution in [0.4, 0.5) is 0 Å². The molecule has 5 heteroatoms. The van der Waals surface area contributed by atoms with E-state index in [2.05, 4.69) is 0 Å². The van der Waals surface area contributed by atoms with Crippen LogP contribution in [-0.2, 0) is 11.3 Å². The van der Waals surface area contributed by atoms with Gasteiger partial charge in [0.15, 0.2) is 0 Å². The van der Waals surface area contributed by atoms with E-state index < -0.39 is 5.97 Å². The fourth-order valence-electron chi connectivity index (χ4n) is 4.04. The van der Waals surface area contributed by atoms with Crippen molar-refractivity contribution in [1.82, 2.24) is 9.88 Å². The monoisotopic (exact) mass is 426 g/mol. The molecule has 0 aliphatic heterocycles. The Hall–Kier alpha value is -3.73. The van der Waals surface area contributed by atoms with Gasteiger partial charge in [-0.05, 0) is 30.5 Å². The van der Waals surface area contributed by atoms with Crippen LogP contribution in [0.1, 0.15) is 41.6 Å². The van der Waals surface area contributed by atoms with Crippen molar-refractivity contribution in [2.24, 2.45) is 0 Å². The highest BCUT2D eigenvalue weighted by Gasteiger charge is 2.21. The standard InChI is InChI=1S/C27H26N2O3/c30-25(31)17-5-2-10-18-29(19-20-11-3-1-4-12-20)27(32)26-21-13-6-8-15-23(21)28-24-16-9-7-14-22(24)26/h1,3-4,6-9,11-16H,2,5,10,17-19H2,(H,30,31). The fraction of sp³-hybridized carbons (Fsp3) is 0.222. The first-order chi connectivity index (χ1) is 15.6. The van der Waals surface area contributed by atoms with Crippen LogP contribution in [0.25, 0.3) is 21.8 Å². The van der Waals surface area contributed by atoms with Crippen LogP contribution in [-0.4, -0.2) is 33.4 Å². The highest BCUT2D eigenvalue weighted by Crippen LogP contribution is 2.28. The lowest BCUT2D eigenvalue weighted by Crippen LogP contribution is -2.32. The molecule has 0 saturated carbocycles. The molecule has 1 N–H and O–H groups in total. The average Bonchev–Trinajstić information content (AvgIpc) is 2.81. The van der Waals surface area contributed by atoms with Gasteiger partial charge in [-0.2, -0.15) is 0 Å². The molecule has 162 valence electrons. The molecule has 0 aliphatic rings. The van der Waals surface area contributed by atoms with Gasteiger partial charge in [-0.15, -0.1) is 0 Å². The number of aromatic nitrogens is 1. The Morgan fingerprint density at radius 1 is 0.750 bits per heavy atom. The van der Waals surface area contributed by atoms with Gasteiger partial charge < -0.3 is 10.0 Å². The third-order valence-corrected chi connectivity index (χ3v) is 5.62. The second-order valence-electron chi connectivity index (χ2n) is 7.94. The molecule has 0 saturated heterocycles. The van der Waals surface area contributed by atoms with Crippen LogP contribution in [0.2, 0.25) is 0 Å². The number of unbranched alkanes of at least 4 members (excludes halogenated alkanes) is 2. The van der Waals surface area contributed by atoms with E-state index in [9.17, 15) is 9.59 Å². The lowest BCUT2D eigenvalue weighted by Gasteiger charge is -2.24. The number of hydrogen-bond acceptors (Lipinski definition) is 3. The number of hydrogen-bond donors (Lipinski definition) is 1. The molecular formula is C27H26N2O3. The predicted octanol–water partition coefficient (Wildman–Crippen LogP) is 5.68. The molecule has 5 nitrogen and oxygen atoms in total. The van der Waals surface area contributed by atoms with Crippen LogP contribution in [0.15, 0.2) is 78.9 Å². The summed E-state index contributed by atoms with van der Waals surface area (Å²) in [5, 5.41) is 10.6. The van der Waals surface area contributed by atoms with Crippen molar-refractivity contribution in [3.05, 3.63) is 90.0 Å². The smallest absolute Gasteiger partial charge is 0.303 e. The average molecular weight is 427 g/mol. The number of carboxylic acid groups (broad SMARTS) is 1. The van der Waals surface area contributed by atoms with E-state index in [-0.39, 0.29) is 12.3 Å². The minimum Gasteiger partial charge on any atom is -0.481 e.